The second kappa shape index (κ2) is 7.88. The van der Waals surface area contributed by atoms with E-state index in [1.54, 1.807) is 12.1 Å². The predicted octanol–water partition coefficient (Wildman–Crippen LogP) is 3.40. The largest absolute Gasteiger partial charge is 0.493 e. The third-order valence-electron chi connectivity index (χ3n) is 4.75. The van der Waals surface area contributed by atoms with Crippen LogP contribution in [0.5, 0.6) is 28.7 Å². The Kier molecular flexibility index (Phi) is 5.53. The van der Waals surface area contributed by atoms with E-state index in [1.165, 1.54) is 21.3 Å². The molecule has 7 heteroatoms. The number of rotatable bonds is 6. The fourth-order valence-corrected chi connectivity index (χ4v) is 3.00. The van der Waals surface area contributed by atoms with Gasteiger partial charge in [0, 0.05) is 17.8 Å². The number of fused-ring (bicyclic) bond motifs is 1. The van der Waals surface area contributed by atoms with Gasteiger partial charge in [0.1, 0.15) is 13.2 Å². The normalized spacial score (nSPS) is 12.9. The molecule has 1 aliphatic heterocycles. The molecule has 0 unspecified atom stereocenters. The van der Waals surface area contributed by atoms with E-state index >= 15 is 0 Å². The van der Waals surface area contributed by atoms with E-state index < -0.39 is 5.41 Å². The van der Waals surface area contributed by atoms with Gasteiger partial charge in [-0.15, -0.1) is 0 Å². The molecule has 1 N–H and O–H groups in total. The number of carbonyl (C=O) groups is 1. The molecule has 0 bridgehead atoms. The van der Waals surface area contributed by atoms with Crippen LogP contribution in [-0.2, 0) is 10.2 Å². The van der Waals surface area contributed by atoms with Crippen LogP contribution in [0.4, 0.5) is 5.69 Å². The van der Waals surface area contributed by atoms with Gasteiger partial charge in [-0.3, -0.25) is 4.79 Å². The van der Waals surface area contributed by atoms with Crippen LogP contribution in [-0.4, -0.2) is 40.5 Å². The average Bonchev–Trinajstić information content (AvgIpc) is 2.72. The lowest BCUT2D eigenvalue weighted by atomic mass is 9.83. The van der Waals surface area contributed by atoms with Gasteiger partial charge in [0.15, 0.2) is 23.0 Å². The first-order valence-corrected chi connectivity index (χ1v) is 8.92. The highest BCUT2D eigenvalue weighted by Gasteiger charge is 2.31. The minimum Gasteiger partial charge on any atom is -0.493 e. The predicted molar refractivity (Wildman–Crippen MR) is 105 cm³/mol. The molecule has 1 aliphatic rings. The SMILES string of the molecule is COc1cc(NC(=O)C(C)(C)c2ccc3c(c2)OCCO3)cc(OC)c1OC. The van der Waals surface area contributed by atoms with Crippen LogP contribution in [0, 0.1) is 0 Å². The Morgan fingerprint density at radius 3 is 2.11 bits per heavy atom. The fraction of sp³-hybridized carbons (Fsp3) is 0.381. The van der Waals surface area contributed by atoms with E-state index in [0.29, 0.717) is 47.6 Å². The Bertz CT molecular complexity index is 852. The molecule has 0 aromatic heterocycles. The van der Waals surface area contributed by atoms with Gasteiger partial charge in [-0.1, -0.05) is 6.07 Å². The highest BCUT2D eigenvalue weighted by atomic mass is 16.6. The number of benzene rings is 2. The maximum atomic E-state index is 13.1. The maximum absolute atomic E-state index is 13.1. The summed E-state index contributed by atoms with van der Waals surface area (Å²) in [7, 11) is 4.59. The van der Waals surface area contributed by atoms with Crippen LogP contribution in [0.15, 0.2) is 30.3 Å². The van der Waals surface area contributed by atoms with Crippen LogP contribution in [0.1, 0.15) is 19.4 Å². The van der Waals surface area contributed by atoms with Gasteiger partial charge in [0.05, 0.1) is 26.7 Å². The highest BCUT2D eigenvalue weighted by Crippen LogP contribution is 2.41. The molecule has 1 amide bonds. The first-order chi connectivity index (χ1) is 13.4. The molecule has 0 atom stereocenters. The maximum Gasteiger partial charge on any atom is 0.234 e. The van der Waals surface area contributed by atoms with E-state index in [9.17, 15) is 4.79 Å². The average molecular weight is 387 g/mol. The lowest BCUT2D eigenvalue weighted by Crippen LogP contribution is -2.35. The smallest absolute Gasteiger partial charge is 0.234 e. The number of hydrogen-bond donors (Lipinski definition) is 1. The Morgan fingerprint density at radius 2 is 1.54 bits per heavy atom. The Morgan fingerprint density at radius 1 is 0.929 bits per heavy atom. The topological polar surface area (TPSA) is 75.3 Å². The molecule has 7 nitrogen and oxygen atoms in total. The Labute approximate surface area is 164 Å². The third-order valence-corrected chi connectivity index (χ3v) is 4.75. The van der Waals surface area contributed by atoms with Gasteiger partial charge in [-0.2, -0.15) is 0 Å². The van der Waals surface area contributed by atoms with E-state index in [0.717, 1.165) is 5.56 Å². The first kappa shape index (κ1) is 19.7. The molecule has 0 saturated heterocycles. The summed E-state index contributed by atoms with van der Waals surface area (Å²) in [5.41, 5.74) is 0.558. The third kappa shape index (κ3) is 3.65. The molecule has 0 aliphatic carbocycles. The van der Waals surface area contributed by atoms with Crippen molar-refractivity contribution >= 4 is 11.6 Å². The zero-order valence-electron chi connectivity index (χ0n) is 16.8. The molecular weight excluding hydrogens is 362 g/mol. The van der Waals surface area contributed by atoms with Crippen molar-refractivity contribution in [2.45, 2.75) is 19.3 Å². The van der Waals surface area contributed by atoms with Crippen molar-refractivity contribution in [3.05, 3.63) is 35.9 Å². The number of hydrogen-bond acceptors (Lipinski definition) is 6. The minimum atomic E-state index is -0.809. The summed E-state index contributed by atoms with van der Waals surface area (Å²) in [6.45, 7) is 4.73. The molecule has 2 aromatic rings. The number of ether oxygens (including phenoxy) is 5. The summed E-state index contributed by atoms with van der Waals surface area (Å²) >= 11 is 0. The number of anilines is 1. The van der Waals surface area contributed by atoms with Crippen LogP contribution >= 0.6 is 0 Å². The second-order valence-corrected chi connectivity index (χ2v) is 6.85. The van der Waals surface area contributed by atoms with Crippen LogP contribution in [0.2, 0.25) is 0 Å². The van der Waals surface area contributed by atoms with Gasteiger partial charge in [-0.05, 0) is 31.5 Å². The van der Waals surface area contributed by atoms with Crippen molar-refractivity contribution < 1.29 is 28.5 Å². The summed E-state index contributed by atoms with van der Waals surface area (Å²) in [4.78, 5) is 13.1. The van der Waals surface area contributed by atoms with Gasteiger partial charge in [0.25, 0.3) is 0 Å². The van der Waals surface area contributed by atoms with E-state index in [1.807, 2.05) is 32.0 Å². The monoisotopic (exact) mass is 387 g/mol. The molecule has 0 saturated carbocycles. The lowest BCUT2D eigenvalue weighted by Gasteiger charge is -2.27. The molecule has 3 rings (SSSR count). The zero-order valence-corrected chi connectivity index (χ0v) is 16.8. The summed E-state index contributed by atoms with van der Waals surface area (Å²) in [6, 6.07) is 8.95. The summed E-state index contributed by atoms with van der Waals surface area (Å²) < 4.78 is 27.2. The number of amides is 1. The van der Waals surface area contributed by atoms with Crippen molar-refractivity contribution in [2.75, 3.05) is 39.9 Å². The minimum absolute atomic E-state index is 0.182. The fourth-order valence-electron chi connectivity index (χ4n) is 3.00. The Balaban J connectivity index is 1.87. The lowest BCUT2D eigenvalue weighted by molar-refractivity contribution is -0.120. The van der Waals surface area contributed by atoms with Crippen molar-refractivity contribution in [1.29, 1.82) is 0 Å². The van der Waals surface area contributed by atoms with Gasteiger partial charge in [-0.25, -0.2) is 0 Å². The van der Waals surface area contributed by atoms with Gasteiger partial charge in [0.2, 0.25) is 11.7 Å². The number of methoxy groups -OCH3 is 3. The quantitative estimate of drug-likeness (QED) is 0.819. The number of carbonyl (C=O) groups excluding carboxylic acids is 1. The first-order valence-electron chi connectivity index (χ1n) is 8.92. The van der Waals surface area contributed by atoms with Crippen molar-refractivity contribution in [3.8, 4) is 28.7 Å². The standard InChI is InChI=1S/C21H25NO6/c1-21(2,13-6-7-15-16(10-13)28-9-8-27-15)20(23)22-14-11-17(24-3)19(26-5)18(12-14)25-4/h6-7,10-12H,8-9H2,1-5H3,(H,22,23). The van der Waals surface area contributed by atoms with Crippen LogP contribution in [0.3, 0.4) is 0 Å². The molecular formula is C21H25NO6. The van der Waals surface area contributed by atoms with E-state index in [-0.39, 0.29) is 5.91 Å². The number of nitrogens with one attached hydrogen (secondary N) is 1. The molecule has 28 heavy (non-hydrogen) atoms. The van der Waals surface area contributed by atoms with Crippen molar-refractivity contribution in [1.82, 2.24) is 0 Å². The molecule has 0 spiro atoms. The van der Waals surface area contributed by atoms with E-state index in [4.69, 9.17) is 23.7 Å². The van der Waals surface area contributed by atoms with Crippen LogP contribution in [0.25, 0.3) is 0 Å². The molecule has 0 radical (unpaired) electrons. The molecule has 0 fully saturated rings. The molecule has 150 valence electrons. The molecule has 1 heterocycles. The van der Waals surface area contributed by atoms with E-state index in [2.05, 4.69) is 5.32 Å². The van der Waals surface area contributed by atoms with Crippen molar-refractivity contribution in [3.63, 3.8) is 0 Å². The Hall–Kier alpha value is -3.09. The van der Waals surface area contributed by atoms with Crippen molar-refractivity contribution in [2.24, 2.45) is 0 Å². The van der Waals surface area contributed by atoms with Crippen LogP contribution < -0.4 is 29.0 Å². The van der Waals surface area contributed by atoms with Gasteiger partial charge < -0.3 is 29.0 Å². The zero-order chi connectivity index (χ0) is 20.3. The van der Waals surface area contributed by atoms with Gasteiger partial charge >= 0.3 is 0 Å². The highest BCUT2D eigenvalue weighted by molar-refractivity contribution is 5.99. The summed E-state index contributed by atoms with van der Waals surface area (Å²) in [5.74, 6) is 2.56. The molecule has 2 aromatic carbocycles. The summed E-state index contributed by atoms with van der Waals surface area (Å²) in [6.07, 6.45) is 0. The summed E-state index contributed by atoms with van der Waals surface area (Å²) in [5, 5.41) is 2.93. The second-order valence-electron chi connectivity index (χ2n) is 6.85.